The van der Waals surface area contributed by atoms with Crippen molar-refractivity contribution in [3.05, 3.63) is 15.9 Å². The van der Waals surface area contributed by atoms with Crippen LogP contribution in [-0.2, 0) is 19.4 Å². The van der Waals surface area contributed by atoms with Crippen LogP contribution in [0.15, 0.2) is 4.47 Å². The molecule has 18 heavy (non-hydrogen) atoms. The lowest BCUT2D eigenvalue weighted by Crippen LogP contribution is -2.25. The van der Waals surface area contributed by atoms with Crippen molar-refractivity contribution in [3.63, 3.8) is 0 Å². The molecule has 1 atom stereocenters. The van der Waals surface area contributed by atoms with Crippen LogP contribution >= 0.6 is 31.9 Å². The molecule has 0 aliphatic rings. The van der Waals surface area contributed by atoms with E-state index in [9.17, 15) is 0 Å². The van der Waals surface area contributed by atoms with Gasteiger partial charge in [0.05, 0.1) is 15.9 Å². The van der Waals surface area contributed by atoms with Gasteiger partial charge in [0, 0.05) is 11.9 Å². The molecule has 1 unspecified atom stereocenters. The van der Waals surface area contributed by atoms with Crippen LogP contribution < -0.4 is 0 Å². The summed E-state index contributed by atoms with van der Waals surface area (Å²) < 4.78 is 3.35. The predicted octanol–water partition coefficient (Wildman–Crippen LogP) is 4.83. The first-order chi connectivity index (χ1) is 8.35. The van der Waals surface area contributed by atoms with Crippen molar-refractivity contribution < 1.29 is 0 Å². The monoisotopic (exact) mass is 378 g/mol. The fraction of sp³-hybridized carbons (Fsp3) is 0.786. The number of alkyl halides is 1. The minimum absolute atomic E-state index is 0.304. The van der Waals surface area contributed by atoms with Crippen LogP contribution in [0.25, 0.3) is 0 Å². The zero-order valence-electron chi connectivity index (χ0n) is 12.1. The number of aryl methyl sites for hydroxylation is 2. The van der Waals surface area contributed by atoms with Crippen molar-refractivity contribution in [1.29, 1.82) is 0 Å². The largest absolute Gasteiger partial charge is 0.268 e. The summed E-state index contributed by atoms with van der Waals surface area (Å²) in [4.78, 5) is 0. The number of hydrogen-bond acceptors (Lipinski definition) is 1. The molecule has 1 aromatic heterocycles. The van der Waals surface area contributed by atoms with Crippen LogP contribution in [0.1, 0.15) is 46.0 Å². The van der Waals surface area contributed by atoms with Gasteiger partial charge in [-0.05, 0) is 47.0 Å². The molecule has 0 bridgehead atoms. The SMILES string of the molecule is CCc1nn(CC)c(CC(CBr)C(C)(C)C)c1Br. The highest BCUT2D eigenvalue weighted by molar-refractivity contribution is 9.10. The standard InChI is InChI=1S/C14H24Br2N2/c1-6-11-13(16)12(18(7-2)17-11)8-10(9-15)14(3,4)5/h10H,6-9H2,1-5H3. The van der Waals surface area contributed by atoms with Gasteiger partial charge < -0.3 is 0 Å². The van der Waals surface area contributed by atoms with E-state index in [1.807, 2.05) is 0 Å². The Morgan fingerprint density at radius 2 is 1.89 bits per heavy atom. The highest BCUT2D eigenvalue weighted by Gasteiger charge is 2.26. The summed E-state index contributed by atoms with van der Waals surface area (Å²) in [5.41, 5.74) is 2.82. The molecular weight excluding hydrogens is 356 g/mol. The Bertz CT molecular complexity index is 391. The van der Waals surface area contributed by atoms with Gasteiger partial charge in [0.15, 0.2) is 0 Å². The molecule has 0 saturated heterocycles. The minimum atomic E-state index is 0.304. The van der Waals surface area contributed by atoms with Crippen molar-refractivity contribution in [2.75, 3.05) is 5.33 Å². The first-order valence-electron chi connectivity index (χ1n) is 6.65. The van der Waals surface area contributed by atoms with E-state index in [1.165, 1.54) is 15.9 Å². The van der Waals surface area contributed by atoms with Gasteiger partial charge in [-0.25, -0.2) is 0 Å². The molecule has 0 spiro atoms. The molecule has 4 heteroatoms. The Labute approximate surface area is 128 Å². The first-order valence-corrected chi connectivity index (χ1v) is 8.56. The molecule has 0 saturated carbocycles. The second kappa shape index (κ2) is 6.56. The number of halogens is 2. The second-order valence-corrected chi connectivity index (χ2v) is 7.24. The Morgan fingerprint density at radius 3 is 2.28 bits per heavy atom. The van der Waals surface area contributed by atoms with Gasteiger partial charge >= 0.3 is 0 Å². The fourth-order valence-electron chi connectivity index (χ4n) is 2.04. The zero-order chi connectivity index (χ0) is 13.9. The number of rotatable bonds is 5. The summed E-state index contributed by atoms with van der Waals surface area (Å²) in [6.07, 6.45) is 2.05. The van der Waals surface area contributed by atoms with Gasteiger partial charge in [-0.1, -0.05) is 43.6 Å². The van der Waals surface area contributed by atoms with Gasteiger partial charge in [-0.2, -0.15) is 5.10 Å². The molecule has 0 aliphatic carbocycles. The van der Waals surface area contributed by atoms with Crippen LogP contribution in [0.2, 0.25) is 0 Å². The molecular formula is C14H24Br2N2. The first kappa shape index (κ1) is 16.2. The van der Waals surface area contributed by atoms with E-state index in [0.717, 1.165) is 24.7 Å². The van der Waals surface area contributed by atoms with Crippen molar-refractivity contribution in [3.8, 4) is 0 Å². The molecule has 0 aliphatic heterocycles. The van der Waals surface area contributed by atoms with Crippen LogP contribution in [0.3, 0.4) is 0 Å². The normalized spacial score (nSPS) is 13.9. The van der Waals surface area contributed by atoms with E-state index in [0.29, 0.717) is 11.3 Å². The van der Waals surface area contributed by atoms with Gasteiger partial charge in [-0.15, -0.1) is 0 Å². The topological polar surface area (TPSA) is 17.8 Å². The molecule has 0 radical (unpaired) electrons. The zero-order valence-corrected chi connectivity index (χ0v) is 15.2. The van der Waals surface area contributed by atoms with E-state index < -0.39 is 0 Å². The Balaban J connectivity index is 3.05. The van der Waals surface area contributed by atoms with Crippen LogP contribution in [0, 0.1) is 11.3 Å². The van der Waals surface area contributed by atoms with E-state index in [2.05, 4.69) is 76.3 Å². The minimum Gasteiger partial charge on any atom is -0.268 e. The third kappa shape index (κ3) is 3.60. The Hall–Kier alpha value is 0.170. The molecule has 1 aromatic rings. The maximum Gasteiger partial charge on any atom is 0.0766 e. The van der Waals surface area contributed by atoms with Gasteiger partial charge in [-0.3, -0.25) is 4.68 Å². The molecule has 2 nitrogen and oxygen atoms in total. The average molecular weight is 380 g/mol. The van der Waals surface area contributed by atoms with E-state index in [4.69, 9.17) is 0 Å². The smallest absolute Gasteiger partial charge is 0.0766 e. The summed E-state index contributed by atoms with van der Waals surface area (Å²) in [7, 11) is 0. The maximum atomic E-state index is 4.67. The van der Waals surface area contributed by atoms with E-state index in [1.54, 1.807) is 0 Å². The molecule has 1 heterocycles. The summed E-state index contributed by atoms with van der Waals surface area (Å²) >= 11 is 7.39. The van der Waals surface area contributed by atoms with Crippen molar-refractivity contribution in [1.82, 2.24) is 9.78 Å². The summed E-state index contributed by atoms with van der Waals surface area (Å²) in [6.45, 7) is 12.2. The number of aromatic nitrogens is 2. The van der Waals surface area contributed by atoms with Crippen LogP contribution in [0.5, 0.6) is 0 Å². The Kier molecular flexibility index (Phi) is 5.91. The molecule has 0 N–H and O–H groups in total. The van der Waals surface area contributed by atoms with Gasteiger partial charge in [0.2, 0.25) is 0 Å². The van der Waals surface area contributed by atoms with Gasteiger partial charge in [0.1, 0.15) is 0 Å². The maximum absolute atomic E-state index is 4.67. The lowest BCUT2D eigenvalue weighted by atomic mass is 9.79. The summed E-state index contributed by atoms with van der Waals surface area (Å²) in [6, 6.07) is 0. The quantitative estimate of drug-likeness (QED) is 0.670. The molecule has 0 aromatic carbocycles. The van der Waals surface area contributed by atoms with Gasteiger partial charge in [0.25, 0.3) is 0 Å². The third-order valence-corrected chi connectivity index (χ3v) is 5.24. The molecule has 0 fully saturated rings. The van der Waals surface area contributed by atoms with Crippen LogP contribution in [0.4, 0.5) is 0 Å². The van der Waals surface area contributed by atoms with Crippen molar-refractivity contribution >= 4 is 31.9 Å². The third-order valence-electron chi connectivity index (χ3n) is 3.54. The van der Waals surface area contributed by atoms with Crippen molar-refractivity contribution in [2.24, 2.45) is 11.3 Å². The highest BCUT2D eigenvalue weighted by atomic mass is 79.9. The fourth-order valence-corrected chi connectivity index (χ4v) is 3.96. The number of nitrogens with zero attached hydrogens (tertiary/aromatic N) is 2. The highest BCUT2D eigenvalue weighted by Crippen LogP contribution is 2.33. The lowest BCUT2D eigenvalue weighted by molar-refractivity contribution is 0.262. The van der Waals surface area contributed by atoms with E-state index >= 15 is 0 Å². The lowest BCUT2D eigenvalue weighted by Gasteiger charge is -2.29. The average Bonchev–Trinajstić information content (AvgIpc) is 2.60. The van der Waals surface area contributed by atoms with E-state index in [-0.39, 0.29) is 0 Å². The molecule has 1 rings (SSSR count). The van der Waals surface area contributed by atoms with Crippen LogP contribution in [-0.4, -0.2) is 15.1 Å². The molecule has 104 valence electrons. The Morgan fingerprint density at radius 1 is 1.28 bits per heavy atom. The second-order valence-electron chi connectivity index (χ2n) is 5.80. The molecule has 0 amide bonds. The van der Waals surface area contributed by atoms with Crippen molar-refractivity contribution in [2.45, 2.75) is 54.0 Å². The predicted molar refractivity (Wildman–Crippen MR) is 85.4 cm³/mol. The number of hydrogen-bond donors (Lipinski definition) is 0. The summed E-state index contributed by atoms with van der Waals surface area (Å²) in [5.74, 6) is 0.612. The summed E-state index contributed by atoms with van der Waals surface area (Å²) in [5, 5.41) is 5.70.